The summed E-state index contributed by atoms with van der Waals surface area (Å²) >= 11 is 0. The molecule has 6 atom stereocenters. The van der Waals surface area contributed by atoms with Gasteiger partial charge in [0.15, 0.2) is 11.9 Å². The summed E-state index contributed by atoms with van der Waals surface area (Å²) in [6, 6.07) is 19.7. The number of aliphatic hydroxyl groups excluding tert-OH is 1. The first kappa shape index (κ1) is 21.2. The van der Waals surface area contributed by atoms with Crippen LogP contribution >= 0.6 is 0 Å². The number of hydrogen-bond acceptors (Lipinski definition) is 6. The van der Waals surface area contributed by atoms with Crippen LogP contribution in [0.5, 0.6) is 0 Å². The van der Waals surface area contributed by atoms with E-state index >= 15 is 0 Å². The molecule has 1 unspecified atom stereocenters. The second kappa shape index (κ2) is 8.59. The smallest absolute Gasteiger partial charge is 0.164 e. The average molecular weight is 430 g/mol. The van der Waals surface area contributed by atoms with Gasteiger partial charge in [0, 0.05) is 17.1 Å². The molecule has 160 valence electrons. The average Bonchev–Trinajstić information content (AvgIpc) is 3.32. The van der Waals surface area contributed by atoms with Crippen molar-refractivity contribution < 1.29 is 23.6 Å². The van der Waals surface area contributed by atoms with Crippen LogP contribution in [0.25, 0.3) is 0 Å². The van der Waals surface area contributed by atoms with Crippen molar-refractivity contribution >= 4 is 16.5 Å². The van der Waals surface area contributed by atoms with Gasteiger partial charge in [-0.05, 0) is 25.0 Å². The number of ether oxygens (including phenoxy) is 2. The van der Waals surface area contributed by atoms with E-state index in [0.717, 1.165) is 11.1 Å². The maximum absolute atomic E-state index is 12.8. The molecule has 1 fully saturated rings. The zero-order valence-electron chi connectivity index (χ0n) is 17.3. The van der Waals surface area contributed by atoms with Gasteiger partial charge in [0.2, 0.25) is 0 Å². The molecule has 1 saturated heterocycles. The van der Waals surface area contributed by atoms with Crippen LogP contribution in [0.3, 0.4) is 0 Å². The van der Waals surface area contributed by atoms with E-state index in [2.05, 4.69) is 5.16 Å². The second-order valence-corrected chi connectivity index (χ2v) is 9.62. The summed E-state index contributed by atoms with van der Waals surface area (Å²) in [5.74, 6) is -1.06. The van der Waals surface area contributed by atoms with Crippen LogP contribution in [0.2, 0.25) is 0 Å². The lowest BCUT2D eigenvalue weighted by Gasteiger charge is -2.29. The highest BCUT2D eigenvalue weighted by Crippen LogP contribution is 2.42. The molecule has 2 aliphatic heterocycles. The Labute approximate surface area is 179 Å². The van der Waals surface area contributed by atoms with Gasteiger partial charge in [-0.15, -0.1) is 0 Å². The minimum Gasteiger partial charge on any atom is -0.389 e. The van der Waals surface area contributed by atoms with Crippen molar-refractivity contribution in [1.82, 2.24) is 0 Å². The molecule has 30 heavy (non-hydrogen) atoms. The Bertz CT molecular complexity index is 918. The number of aliphatic hydroxyl groups is 1. The van der Waals surface area contributed by atoms with E-state index in [-0.39, 0.29) is 18.6 Å². The molecule has 2 aromatic rings. The van der Waals surface area contributed by atoms with Crippen LogP contribution in [0.1, 0.15) is 37.0 Å². The topological polar surface area (TPSA) is 77.4 Å². The predicted molar refractivity (Wildman–Crippen MR) is 116 cm³/mol. The first-order chi connectivity index (χ1) is 14.4. The van der Waals surface area contributed by atoms with E-state index in [1.165, 1.54) is 0 Å². The summed E-state index contributed by atoms with van der Waals surface area (Å²) in [6.45, 7) is 3.83. The third-order valence-corrected chi connectivity index (χ3v) is 6.79. The molecule has 0 spiro atoms. The van der Waals surface area contributed by atoms with Crippen molar-refractivity contribution in [2.75, 3.05) is 12.9 Å². The number of hydrogen-bond donors (Lipinski definition) is 1. The predicted octanol–water partition coefficient (Wildman–Crippen LogP) is 3.16. The maximum atomic E-state index is 12.8. The first-order valence-corrected chi connectivity index (χ1v) is 11.6. The van der Waals surface area contributed by atoms with Crippen LogP contribution in [-0.4, -0.2) is 51.1 Å². The molecule has 4 rings (SSSR count). The van der Waals surface area contributed by atoms with Crippen LogP contribution < -0.4 is 0 Å². The molecule has 2 heterocycles. The molecule has 0 amide bonds. The van der Waals surface area contributed by atoms with Gasteiger partial charge in [0.1, 0.15) is 17.5 Å². The molecule has 7 heteroatoms. The van der Waals surface area contributed by atoms with E-state index in [9.17, 15) is 9.32 Å². The van der Waals surface area contributed by atoms with E-state index in [0.29, 0.717) is 5.71 Å². The fraction of sp³-hybridized carbons (Fsp3) is 0.435. The van der Waals surface area contributed by atoms with Gasteiger partial charge in [0.05, 0.1) is 18.2 Å². The number of nitrogens with zero attached hydrogens (tertiary/aromatic N) is 1. The van der Waals surface area contributed by atoms with Crippen LogP contribution in [-0.2, 0) is 25.1 Å². The number of benzene rings is 2. The summed E-state index contributed by atoms with van der Waals surface area (Å²) in [4.78, 5) is 5.87. The Morgan fingerprint density at radius 3 is 2.20 bits per heavy atom. The van der Waals surface area contributed by atoms with Gasteiger partial charge in [0.25, 0.3) is 0 Å². The fourth-order valence-electron chi connectivity index (χ4n) is 4.14. The van der Waals surface area contributed by atoms with Crippen molar-refractivity contribution in [3.8, 4) is 0 Å². The summed E-state index contributed by atoms with van der Waals surface area (Å²) in [6.07, 6.45) is -0.418. The molecule has 0 bridgehead atoms. The third-order valence-electron chi connectivity index (χ3n) is 5.55. The summed E-state index contributed by atoms with van der Waals surface area (Å²) in [7, 11) is -1.41. The number of rotatable bonds is 6. The molecule has 0 aliphatic carbocycles. The summed E-state index contributed by atoms with van der Waals surface area (Å²) in [5.41, 5.74) is 2.53. The monoisotopic (exact) mass is 429 g/mol. The normalized spacial score (nSPS) is 28.4. The van der Waals surface area contributed by atoms with Gasteiger partial charge in [-0.25, -0.2) is 0 Å². The quantitative estimate of drug-likeness (QED) is 0.763. The second-order valence-electron chi connectivity index (χ2n) is 8.12. The van der Waals surface area contributed by atoms with E-state index in [1.807, 2.05) is 60.7 Å². The van der Waals surface area contributed by atoms with Crippen molar-refractivity contribution in [1.29, 1.82) is 0 Å². The molecule has 6 nitrogen and oxygen atoms in total. The standard InChI is InChI=1S/C23H27NO5S/c1-23(2)27-14-17(28-23)20(25)22(30(3)26)19-18(15-10-6-4-7-11-15)21(29-24-19)16-12-8-5-9-13-16/h4-13,17-18,20-22,25H,14H2,1-3H3/t17-,18+,20-,21-,22+,30?/m1/s1. The Kier molecular flexibility index (Phi) is 6.06. The van der Waals surface area contributed by atoms with E-state index < -0.39 is 34.0 Å². The highest BCUT2D eigenvalue weighted by molar-refractivity contribution is 7.85. The van der Waals surface area contributed by atoms with Crippen molar-refractivity contribution in [2.24, 2.45) is 5.16 Å². The molecule has 0 saturated carbocycles. The number of oxime groups is 1. The first-order valence-electron chi connectivity index (χ1n) is 10.0. The fourth-order valence-corrected chi connectivity index (χ4v) is 5.24. The van der Waals surface area contributed by atoms with Gasteiger partial charge in [-0.1, -0.05) is 65.8 Å². The minimum atomic E-state index is -1.41. The molecule has 0 aromatic heterocycles. The molecule has 0 radical (unpaired) electrons. The highest BCUT2D eigenvalue weighted by Gasteiger charge is 2.48. The highest BCUT2D eigenvalue weighted by atomic mass is 32.2. The third kappa shape index (κ3) is 4.21. The lowest BCUT2D eigenvalue weighted by molar-refractivity contribution is -0.150. The van der Waals surface area contributed by atoms with Crippen LogP contribution in [0.15, 0.2) is 65.8 Å². The summed E-state index contributed by atoms with van der Waals surface area (Å²) in [5, 5.41) is 14.8. The summed E-state index contributed by atoms with van der Waals surface area (Å²) < 4.78 is 24.3. The van der Waals surface area contributed by atoms with Gasteiger partial charge < -0.3 is 19.4 Å². The Balaban J connectivity index is 1.70. The molecular formula is C23H27NO5S. The van der Waals surface area contributed by atoms with Crippen LogP contribution in [0, 0.1) is 0 Å². The zero-order valence-corrected chi connectivity index (χ0v) is 18.1. The van der Waals surface area contributed by atoms with Crippen molar-refractivity contribution in [2.45, 2.75) is 49.1 Å². The van der Waals surface area contributed by atoms with Crippen molar-refractivity contribution in [3.05, 3.63) is 71.8 Å². The minimum absolute atomic E-state index is 0.230. The lowest BCUT2D eigenvalue weighted by atomic mass is 9.83. The Hall–Kier alpha value is -2.06. The van der Waals surface area contributed by atoms with Gasteiger partial charge in [-0.3, -0.25) is 4.21 Å². The Morgan fingerprint density at radius 2 is 1.67 bits per heavy atom. The lowest BCUT2D eigenvalue weighted by Crippen LogP contribution is -2.47. The molecule has 2 aliphatic rings. The molecular weight excluding hydrogens is 402 g/mol. The van der Waals surface area contributed by atoms with Gasteiger partial charge in [-0.2, -0.15) is 0 Å². The molecule has 2 aromatic carbocycles. The van der Waals surface area contributed by atoms with E-state index in [1.54, 1.807) is 20.1 Å². The SMILES string of the molecule is CS(=O)[C@@H](C1=NO[C@H](c2ccccc2)[C@H]1c1ccccc1)[C@H](O)[C@H]1COC(C)(C)O1. The van der Waals surface area contributed by atoms with Gasteiger partial charge >= 0.3 is 0 Å². The Morgan fingerprint density at radius 1 is 1.07 bits per heavy atom. The van der Waals surface area contributed by atoms with Crippen molar-refractivity contribution in [3.63, 3.8) is 0 Å². The zero-order chi connectivity index (χ0) is 21.3. The largest absolute Gasteiger partial charge is 0.389 e. The van der Waals surface area contributed by atoms with Crippen LogP contribution in [0.4, 0.5) is 0 Å². The molecule has 1 N–H and O–H groups in total. The van der Waals surface area contributed by atoms with E-state index in [4.69, 9.17) is 14.3 Å². The maximum Gasteiger partial charge on any atom is 0.164 e.